The van der Waals surface area contributed by atoms with Gasteiger partial charge in [-0.1, -0.05) is 6.92 Å². The van der Waals surface area contributed by atoms with Gasteiger partial charge in [-0.25, -0.2) is 4.79 Å². The van der Waals surface area contributed by atoms with Crippen molar-refractivity contribution < 1.29 is 9.26 Å². The number of aromatic amines is 1. The average molecular weight is 286 g/mol. The van der Waals surface area contributed by atoms with Crippen molar-refractivity contribution in [2.45, 2.75) is 32.6 Å². The van der Waals surface area contributed by atoms with E-state index in [9.17, 15) is 9.59 Å². The average Bonchev–Trinajstić information content (AvgIpc) is 2.72. The van der Waals surface area contributed by atoms with Crippen molar-refractivity contribution in [3.63, 3.8) is 0 Å². The molecule has 7 heteroatoms. The molecule has 1 fully saturated rings. The maximum absolute atomic E-state index is 11.8. The number of aromatic nitrogens is 2. The highest BCUT2D eigenvalue weighted by molar-refractivity contribution is 7.31. The van der Waals surface area contributed by atoms with E-state index in [1.807, 2.05) is 6.66 Å². The van der Waals surface area contributed by atoms with Gasteiger partial charge in [0.1, 0.15) is 6.23 Å². The Bertz CT molecular complexity index is 553. The molecule has 2 unspecified atom stereocenters. The minimum Gasteiger partial charge on any atom is -0.360 e. The molecule has 1 aromatic heterocycles. The Balaban J connectivity index is 2.18. The minimum absolute atomic E-state index is 0.00316. The first-order valence-corrected chi connectivity index (χ1v) is 7.69. The van der Waals surface area contributed by atoms with Crippen LogP contribution in [0.1, 0.15) is 25.1 Å². The summed E-state index contributed by atoms with van der Waals surface area (Å²) in [6.07, 6.45) is 1.97. The molecular weight excluding hydrogens is 267 g/mol. The summed E-state index contributed by atoms with van der Waals surface area (Å²) in [5, 5.41) is 0. The number of hydrogen-bond donors (Lipinski definition) is 1. The first-order valence-electron chi connectivity index (χ1n) is 6.29. The maximum Gasteiger partial charge on any atom is 0.330 e. The third-order valence-electron chi connectivity index (χ3n) is 3.39. The fraction of sp³-hybridized carbons (Fsp3) is 0.667. The molecule has 2 heterocycles. The van der Waals surface area contributed by atoms with Crippen LogP contribution in [-0.4, -0.2) is 28.9 Å². The zero-order valence-electron chi connectivity index (χ0n) is 11.3. The van der Waals surface area contributed by atoms with Gasteiger partial charge in [-0.05, 0) is 25.9 Å². The van der Waals surface area contributed by atoms with E-state index in [0.29, 0.717) is 26.9 Å². The van der Waals surface area contributed by atoms with Crippen LogP contribution in [0.5, 0.6) is 0 Å². The van der Waals surface area contributed by atoms with E-state index >= 15 is 0 Å². The SMILES string of the molecule is CPOC[C@H]1O[C@H](n2cc(C)c(=O)[nH]c2=O)CC1C. The Morgan fingerprint density at radius 3 is 3.00 bits per heavy atom. The molecule has 1 aromatic rings. The van der Waals surface area contributed by atoms with Crippen molar-refractivity contribution in [2.75, 3.05) is 13.3 Å². The van der Waals surface area contributed by atoms with Crippen LogP contribution >= 0.6 is 8.81 Å². The van der Waals surface area contributed by atoms with Gasteiger partial charge in [0.25, 0.3) is 5.56 Å². The third-order valence-corrected chi connectivity index (χ3v) is 3.84. The van der Waals surface area contributed by atoms with E-state index in [0.717, 1.165) is 6.42 Å². The first-order chi connectivity index (χ1) is 9.02. The molecule has 0 radical (unpaired) electrons. The molecule has 0 aliphatic carbocycles. The van der Waals surface area contributed by atoms with Crippen LogP contribution in [0.25, 0.3) is 0 Å². The topological polar surface area (TPSA) is 73.3 Å². The molecule has 4 atom stereocenters. The second-order valence-corrected chi connectivity index (χ2v) is 5.53. The van der Waals surface area contributed by atoms with Gasteiger partial charge in [0, 0.05) is 20.6 Å². The van der Waals surface area contributed by atoms with Crippen LogP contribution in [0.15, 0.2) is 15.8 Å². The molecule has 0 spiro atoms. The number of nitrogens with one attached hydrogen (secondary N) is 1. The van der Waals surface area contributed by atoms with Gasteiger partial charge in [0.15, 0.2) is 0 Å². The summed E-state index contributed by atoms with van der Waals surface area (Å²) in [5.41, 5.74) is -0.267. The monoisotopic (exact) mass is 286 g/mol. The molecule has 0 amide bonds. The first kappa shape index (κ1) is 14.4. The highest BCUT2D eigenvalue weighted by Gasteiger charge is 2.33. The smallest absolute Gasteiger partial charge is 0.330 e. The predicted molar refractivity (Wildman–Crippen MR) is 73.9 cm³/mol. The predicted octanol–water partition coefficient (Wildman–Crippen LogP) is 1.01. The van der Waals surface area contributed by atoms with Crippen molar-refractivity contribution in [3.05, 3.63) is 32.6 Å². The van der Waals surface area contributed by atoms with E-state index in [1.54, 1.807) is 13.1 Å². The largest absolute Gasteiger partial charge is 0.360 e. The highest BCUT2D eigenvalue weighted by atomic mass is 31.1. The van der Waals surface area contributed by atoms with Crippen LogP contribution in [0.3, 0.4) is 0 Å². The second kappa shape index (κ2) is 5.99. The van der Waals surface area contributed by atoms with Crippen LogP contribution < -0.4 is 11.2 Å². The number of hydrogen-bond acceptors (Lipinski definition) is 4. The molecule has 2 rings (SSSR count). The fourth-order valence-corrected chi connectivity index (χ4v) is 2.54. The molecular formula is C12H19N2O4P. The normalized spacial score (nSPS) is 27.4. The number of rotatable bonds is 4. The van der Waals surface area contributed by atoms with Crippen LogP contribution in [-0.2, 0) is 9.26 Å². The molecule has 106 valence electrons. The lowest BCUT2D eigenvalue weighted by molar-refractivity contribution is -0.0241. The molecule has 1 saturated heterocycles. The Hall–Kier alpha value is -0.970. The van der Waals surface area contributed by atoms with E-state index < -0.39 is 5.69 Å². The summed E-state index contributed by atoms with van der Waals surface area (Å²) in [6.45, 7) is 6.26. The van der Waals surface area contributed by atoms with Crippen molar-refractivity contribution in [1.82, 2.24) is 9.55 Å². The lowest BCUT2D eigenvalue weighted by atomic mass is 10.0. The Labute approximate surface area is 113 Å². The maximum atomic E-state index is 11.8. The van der Waals surface area contributed by atoms with Crippen molar-refractivity contribution >= 4 is 8.81 Å². The number of H-pyrrole nitrogens is 1. The minimum atomic E-state index is -0.424. The van der Waals surface area contributed by atoms with Crippen LogP contribution in [0.4, 0.5) is 0 Å². The van der Waals surface area contributed by atoms with Crippen LogP contribution in [0.2, 0.25) is 0 Å². The second-order valence-electron chi connectivity index (χ2n) is 4.84. The number of aryl methyl sites for hydroxylation is 1. The van der Waals surface area contributed by atoms with Crippen molar-refractivity contribution in [3.8, 4) is 0 Å². The summed E-state index contributed by atoms with van der Waals surface area (Å²) < 4.78 is 12.7. The highest BCUT2D eigenvalue weighted by Crippen LogP contribution is 2.33. The molecule has 1 aliphatic heterocycles. The van der Waals surface area contributed by atoms with Crippen molar-refractivity contribution in [1.29, 1.82) is 0 Å². The Morgan fingerprint density at radius 1 is 1.58 bits per heavy atom. The molecule has 0 aromatic carbocycles. The van der Waals surface area contributed by atoms with E-state index in [2.05, 4.69) is 11.9 Å². The third kappa shape index (κ3) is 3.14. The van der Waals surface area contributed by atoms with Gasteiger partial charge in [0.05, 0.1) is 12.7 Å². The lowest BCUT2D eigenvalue weighted by Gasteiger charge is -2.16. The number of nitrogens with zero attached hydrogens (tertiary/aromatic N) is 1. The fourth-order valence-electron chi connectivity index (χ4n) is 2.21. The molecule has 1 N–H and O–H groups in total. The van der Waals surface area contributed by atoms with E-state index in [1.165, 1.54) is 4.57 Å². The number of ether oxygens (including phenoxy) is 1. The lowest BCUT2D eigenvalue weighted by Crippen LogP contribution is -2.33. The van der Waals surface area contributed by atoms with E-state index in [-0.39, 0.29) is 17.9 Å². The van der Waals surface area contributed by atoms with Gasteiger partial charge in [-0.15, -0.1) is 0 Å². The molecule has 19 heavy (non-hydrogen) atoms. The standard InChI is InChI=1S/C12H19N2O4P/c1-7-4-10(18-9(7)6-17-19-3)14-5-8(2)11(15)13-12(14)16/h5,7,9-10,19H,4,6H2,1-3H3,(H,13,15,16)/t7?,9-,10+/m1/s1. The summed E-state index contributed by atoms with van der Waals surface area (Å²) in [7, 11) is 0.431. The Morgan fingerprint density at radius 2 is 2.32 bits per heavy atom. The van der Waals surface area contributed by atoms with Crippen LogP contribution in [0, 0.1) is 12.8 Å². The van der Waals surface area contributed by atoms with Gasteiger partial charge in [0.2, 0.25) is 0 Å². The summed E-state index contributed by atoms with van der Waals surface area (Å²) in [4.78, 5) is 25.5. The zero-order chi connectivity index (χ0) is 14.0. The van der Waals surface area contributed by atoms with Gasteiger partial charge < -0.3 is 9.26 Å². The Kier molecular flexibility index (Phi) is 4.55. The molecule has 1 aliphatic rings. The molecule has 0 bridgehead atoms. The summed E-state index contributed by atoms with van der Waals surface area (Å²) in [6, 6.07) is 0. The van der Waals surface area contributed by atoms with E-state index in [4.69, 9.17) is 9.26 Å². The summed E-state index contributed by atoms with van der Waals surface area (Å²) >= 11 is 0. The van der Waals surface area contributed by atoms with Gasteiger partial charge in [-0.2, -0.15) is 0 Å². The summed E-state index contributed by atoms with van der Waals surface area (Å²) in [5.74, 6) is 0.320. The molecule has 0 saturated carbocycles. The quantitative estimate of drug-likeness (QED) is 0.838. The zero-order valence-corrected chi connectivity index (χ0v) is 12.3. The van der Waals surface area contributed by atoms with Gasteiger partial charge in [-0.3, -0.25) is 14.3 Å². The van der Waals surface area contributed by atoms with Gasteiger partial charge >= 0.3 is 5.69 Å². The van der Waals surface area contributed by atoms with Crippen molar-refractivity contribution in [2.24, 2.45) is 5.92 Å². The molecule has 6 nitrogen and oxygen atoms in total.